The van der Waals surface area contributed by atoms with Crippen LogP contribution in [0.15, 0.2) is 36.5 Å². The van der Waals surface area contributed by atoms with Gasteiger partial charge in [0.05, 0.1) is 11.7 Å². The Hall–Kier alpha value is -1.85. The highest BCUT2D eigenvalue weighted by atomic mass is 16.5. The van der Waals surface area contributed by atoms with Crippen LogP contribution in [0.1, 0.15) is 17.3 Å². The Morgan fingerprint density at radius 1 is 1.44 bits per heavy atom. The number of nitrogens with zero attached hydrogens (tertiary/aromatic N) is 2. The molecule has 0 radical (unpaired) electrons. The van der Waals surface area contributed by atoms with Crippen molar-refractivity contribution >= 4 is 0 Å². The van der Waals surface area contributed by atoms with Gasteiger partial charge in [0.15, 0.2) is 0 Å². The number of nitrogens with one attached hydrogen (secondary N) is 1. The first-order chi connectivity index (χ1) is 8.79. The zero-order valence-electron chi connectivity index (χ0n) is 10.2. The van der Waals surface area contributed by atoms with Gasteiger partial charge in [-0.2, -0.15) is 5.10 Å². The predicted molar refractivity (Wildman–Crippen MR) is 67.8 cm³/mol. The molecule has 0 spiro atoms. The van der Waals surface area contributed by atoms with Gasteiger partial charge in [0.25, 0.3) is 0 Å². The average molecular weight is 244 g/mol. The van der Waals surface area contributed by atoms with E-state index in [4.69, 9.17) is 10.6 Å². The van der Waals surface area contributed by atoms with Gasteiger partial charge in [-0.25, -0.2) is 5.43 Å². The third kappa shape index (κ3) is 1.77. The molecule has 2 heterocycles. The first kappa shape index (κ1) is 11.3. The minimum absolute atomic E-state index is 0.00259. The lowest BCUT2D eigenvalue weighted by Crippen LogP contribution is -2.40. The summed E-state index contributed by atoms with van der Waals surface area (Å²) in [6, 6.07) is 9.98. The Morgan fingerprint density at radius 2 is 2.28 bits per heavy atom. The molecule has 3 rings (SSSR count). The third-order valence-corrected chi connectivity index (χ3v) is 3.40. The summed E-state index contributed by atoms with van der Waals surface area (Å²) in [5.74, 6) is 6.63. The van der Waals surface area contributed by atoms with E-state index < -0.39 is 0 Å². The van der Waals surface area contributed by atoms with E-state index in [2.05, 4.69) is 16.6 Å². The lowest BCUT2D eigenvalue weighted by molar-refractivity contribution is 0.174. The monoisotopic (exact) mass is 244 g/mol. The van der Waals surface area contributed by atoms with Gasteiger partial charge in [0.1, 0.15) is 11.9 Å². The maximum atomic E-state index is 5.96. The van der Waals surface area contributed by atoms with Crippen molar-refractivity contribution in [3.05, 3.63) is 47.8 Å². The van der Waals surface area contributed by atoms with E-state index in [9.17, 15) is 0 Å². The molecule has 5 heteroatoms. The lowest BCUT2D eigenvalue weighted by Gasteiger charge is -2.22. The van der Waals surface area contributed by atoms with Gasteiger partial charge in [0, 0.05) is 19.7 Å². The molecule has 3 N–H and O–H groups in total. The van der Waals surface area contributed by atoms with Gasteiger partial charge >= 0.3 is 0 Å². The molecular weight excluding hydrogens is 228 g/mol. The van der Waals surface area contributed by atoms with Crippen LogP contribution in [0.25, 0.3) is 0 Å². The van der Waals surface area contributed by atoms with E-state index in [-0.39, 0.29) is 12.1 Å². The van der Waals surface area contributed by atoms with Crippen molar-refractivity contribution in [1.82, 2.24) is 15.2 Å². The zero-order valence-corrected chi connectivity index (χ0v) is 10.2. The zero-order chi connectivity index (χ0) is 12.5. The summed E-state index contributed by atoms with van der Waals surface area (Å²) in [6.07, 6.45) is 2.63. The fourth-order valence-corrected chi connectivity index (χ4v) is 2.47. The standard InChI is InChI=1S/C13H16N4O/c1-17-10(6-7-15-17)13(16-14)12-8-9-4-2-3-5-11(9)18-12/h2-7,12-13,16H,8,14H2,1H3. The quantitative estimate of drug-likeness (QED) is 0.622. The number of ether oxygens (including phenoxy) is 1. The average Bonchev–Trinajstić information content (AvgIpc) is 2.97. The molecule has 0 amide bonds. The highest BCUT2D eigenvalue weighted by molar-refractivity contribution is 5.38. The van der Waals surface area contributed by atoms with Crippen molar-refractivity contribution < 1.29 is 4.74 Å². The molecule has 1 aliphatic rings. The Bertz CT molecular complexity index is 526. The van der Waals surface area contributed by atoms with Crippen LogP contribution in [0.4, 0.5) is 0 Å². The molecular formula is C13H16N4O. The minimum atomic E-state index is -0.0649. The number of hydrogen-bond donors (Lipinski definition) is 2. The third-order valence-electron chi connectivity index (χ3n) is 3.40. The summed E-state index contributed by atoms with van der Waals surface area (Å²) in [5.41, 5.74) is 5.09. The highest BCUT2D eigenvalue weighted by Gasteiger charge is 2.32. The molecule has 1 aromatic carbocycles. The highest BCUT2D eigenvalue weighted by Crippen LogP contribution is 2.33. The second kappa shape index (κ2) is 4.44. The molecule has 94 valence electrons. The molecule has 2 unspecified atom stereocenters. The van der Waals surface area contributed by atoms with Gasteiger partial charge in [-0.1, -0.05) is 18.2 Å². The van der Waals surface area contributed by atoms with Gasteiger partial charge in [-0.3, -0.25) is 10.5 Å². The van der Waals surface area contributed by atoms with Crippen LogP contribution in [0.3, 0.4) is 0 Å². The molecule has 0 fully saturated rings. The number of fused-ring (bicyclic) bond motifs is 1. The van der Waals surface area contributed by atoms with Gasteiger partial charge in [-0.15, -0.1) is 0 Å². The van der Waals surface area contributed by atoms with E-state index in [1.54, 1.807) is 6.20 Å². The van der Waals surface area contributed by atoms with Gasteiger partial charge in [0.2, 0.25) is 0 Å². The summed E-state index contributed by atoms with van der Waals surface area (Å²) in [5, 5.41) is 4.17. The van der Waals surface area contributed by atoms with Crippen LogP contribution in [-0.4, -0.2) is 15.9 Å². The van der Waals surface area contributed by atoms with Crippen molar-refractivity contribution in [2.75, 3.05) is 0 Å². The Labute approximate surface area is 106 Å². The maximum Gasteiger partial charge on any atom is 0.125 e. The summed E-state index contributed by atoms with van der Waals surface area (Å²) < 4.78 is 7.77. The Kier molecular flexibility index (Phi) is 2.77. The second-order valence-electron chi connectivity index (χ2n) is 4.49. The summed E-state index contributed by atoms with van der Waals surface area (Å²) in [7, 11) is 1.90. The largest absolute Gasteiger partial charge is 0.488 e. The van der Waals surface area contributed by atoms with E-state index in [0.29, 0.717) is 0 Å². The van der Waals surface area contributed by atoms with Gasteiger partial charge < -0.3 is 4.74 Å². The molecule has 0 aliphatic carbocycles. The molecule has 2 atom stereocenters. The number of hydrogen-bond acceptors (Lipinski definition) is 4. The van der Waals surface area contributed by atoms with E-state index in [1.165, 1.54) is 5.56 Å². The number of benzene rings is 1. The van der Waals surface area contributed by atoms with Crippen molar-refractivity contribution in [2.45, 2.75) is 18.6 Å². The second-order valence-corrected chi connectivity index (χ2v) is 4.49. The number of nitrogens with two attached hydrogens (primary N) is 1. The smallest absolute Gasteiger partial charge is 0.125 e. The number of rotatable bonds is 3. The number of hydrazine groups is 1. The van der Waals surface area contributed by atoms with Crippen LogP contribution in [-0.2, 0) is 13.5 Å². The van der Waals surface area contributed by atoms with Crippen molar-refractivity contribution in [1.29, 1.82) is 0 Å². The van der Waals surface area contributed by atoms with E-state index >= 15 is 0 Å². The van der Waals surface area contributed by atoms with Crippen LogP contribution in [0.2, 0.25) is 0 Å². The molecule has 0 bridgehead atoms. The van der Waals surface area contributed by atoms with Crippen LogP contribution in [0, 0.1) is 0 Å². The summed E-state index contributed by atoms with van der Waals surface area (Å²) in [4.78, 5) is 0. The van der Waals surface area contributed by atoms with Crippen LogP contribution in [0.5, 0.6) is 5.75 Å². The number of para-hydroxylation sites is 1. The number of aryl methyl sites for hydroxylation is 1. The molecule has 1 aliphatic heterocycles. The normalized spacial score (nSPS) is 19.3. The Balaban J connectivity index is 1.86. The summed E-state index contributed by atoms with van der Waals surface area (Å²) >= 11 is 0. The van der Waals surface area contributed by atoms with Crippen LogP contribution < -0.4 is 16.0 Å². The molecule has 2 aromatic rings. The lowest BCUT2D eigenvalue weighted by atomic mass is 10.0. The topological polar surface area (TPSA) is 65.1 Å². The van der Waals surface area contributed by atoms with Gasteiger partial charge in [-0.05, 0) is 17.7 Å². The molecule has 18 heavy (non-hydrogen) atoms. The minimum Gasteiger partial charge on any atom is -0.488 e. The van der Waals surface area contributed by atoms with Crippen molar-refractivity contribution in [2.24, 2.45) is 12.9 Å². The molecule has 0 saturated carbocycles. The molecule has 0 saturated heterocycles. The fraction of sp³-hybridized carbons (Fsp3) is 0.308. The van der Waals surface area contributed by atoms with Crippen molar-refractivity contribution in [3.8, 4) is 5.75 Å². The Morgan fingerprint density at radius 3 is 2.94 bits per heavy atom. The predicted octanol–water partition coefficient (Wildman–Crippen LogP) is 0.928. The number of aromatic nitrogens is 2. The first-order valence-electron chi connectivity index (χ1n) is 5.98. The van der Waals surface area contributed by atoms with Crippen LogP contribution >= 0.6 is 0 Å². The SMILES string of the molecule is Cn1nccc1C(NN)C1Cc2ccccc2O1. The van der Waals surface area contributed by atoms with E-state index in [1.807, 2.05) is 36.0 Å². The van der Waals surface area contributed by atoms with E-state index in [0.717, 1.165) is 17.9 Å². The first-order valence-corrected chi connectivity index (χ1v) is 5.98. The summed E-state index contributed by atoms with van der Waals surface area (Å²) in [6.45, 7) is 0. The van der Waals surface area contributed by atoms with Crippen molar-refractivity contribution in [3.63, 3.8) is 0 Å². The maximum absolute atomic E-state index is 5.96. The fourth-order valence-electron chi connectivity index (χ4n) is 2.47. The molecule has 5 nitrogen and oxygen atoms in total. The molecule has 1 aromatic heterocycles.